The van der Waals surface area contributed by atoms with Gasteiger partial charge in [0.05, 0.1) is 0 Å². The molecule has 1 aliphatic heterocycles. The molecule has 0 saturated carbocycles. The Morgan fingerprint density at radius 3 is 2.81 bits per heavy atom. The third-order valence-electron chi connectivity index (χ3n) is 4.89. The van der Waals surface area contributed by atoms with Gasteiger partial charge in [0.15, 0.2) is 0 Å². The SMILES string of the molecule is Cc1nc2c(c(N(C)CC3CCCN(C)C3)n1)CCCC2. The Bertz CT molecular complexity index is 500. The molecule has 1 aromatic rings. The quantitative estimate of drug-likeness (QED) is 0.855. The second-order valence-electron chi connectivity index (χ2n) is 6.88. The highest BCUT2D eigenvalue weighted by Crippen LogP contribution is 2.28. The van der Waals surface area contributed by atoms with Gasteiger partial charge in [-0.1, -0.05) is 0 Å². The second kappa shape index (κ2) is 6.30. The van der Waals surface area contributed by atoms with Crippen molar-refractivity contribution in [1.82, 2.24) is 14.9 Å². The summed E-state index contributed by atoms with van der Waals surface area (Å²) in [5.74, 6) is 2.90. The van der Waals surface area contributed by atoms with Crippen LogP contribution in [0.15, 0.2) is 0 Å². The number of nitrogens with zero attached hydrogens (tertiary/aromatic N) is 4. The predicted octanol–water partition coefficient (Wildman–Crippen LogP) is 2.44. The van der Waals surface area contributed by atoms with Crippen molar-refractivity contribution < 1.29 is 0 Å². The zero-order chi connectivity index (χ0) is 14.8. The summed E-state index contributed by atoms with van der Waals surface area (Å²) in [6.45, 7) is 5.62. The van der Waals surface area contributed by atoms with E-state index in [1.165, 1.54) is 55.8 Å². The van der Waals surface area contributed by atoms with Gasteiger partial charge in [0, 0.05) is 31.4 Å². The second-order valence-corrected chi connectivity index (χ2v) is 6.88. The summed E-state index contributed by atoms with van der Waals surface area (Å²) in [7, 11) is 4.45. The molecular formula is C17H28N4. The van der Waals surface area contributed by atoms with Crippen molar-refractivity contribution in [3.05, 3.63) is 17.1 Å². The maximum Gasteiger partial charge on any atom is 0.135 e. The van der Waals surface area contributed by atoms with Crippen molar-refractivity contribution in [2.75, 3.05) is 38.6 Å². The predicted molar refractivity (Wildman–Crippen MR) is 86.9 cm³/mol. The number of hydrogen-bond donors (Lipinski definition) is 0. The summed E-state index contributed by atoms with van der Waals surface area (Å²) in [5, 5.41) is 0. The first-order chi connectivity index (χ1) is 10.1. The minimum Gasteiger partial charge on any atom is -0.359 e. The fourth-order valence-corrected chi connectivity index (χ4v) is 3.91. The largest absolute Gasteiger partial charge is 0.359 e. The van der Waals surface area contributed by atoms with Gasteiger partial charge < -0.3 is 9.80 Å². The van der Waals surface area contributed by atoms with Gasteiger partial charge in [-0.25, -0.2) is 9.97 Å². The number of fused-ring (bicyclic) bond motifs is 1. The molecule has 21 heavy (non-hydrogen) atoms. The van der Waals surface area contributed by atoms with Crippen LogP contribution in [0.5, 0.6) is 0 Å². The van der Waals surface area contributed by atoms with Crippen molar-refractivity contribution >= 4 is 5.82 Å². The zero-order valence-corrected chi connectivity index (χ0v) is 13.7. The number of aryl methyl sites for hydroxylation is 2. The number of piperidine rings is 1. The average Bonchev–Trinajstić information content (AvgIpc) is 2.46. The van der Waals surface area contributed by atoms with Gasteiger partial charge >= 0.3 is 0 Å². The molecule has 1 aromatic heterocycles. The van der Waals surface area contributed by atoms with Crippen LogP contribution in [0.2, 0.25) is 0 Å². The molecule has 0 radical (unpaired) electrons. The topological polar surface area (TPSA) is 32.3 Å². The van der Waals surface area contributed by atoms with E-state index >= 15 is 0 Å². The maximum atomic E-state index is 4.77. The van der Waals surface area contributed by atoms with Crippen LogP contribution in [0.4, 0.5) is 5.82 Å². The van der Waals surface area contributed by atoms with Gasteiger partial charge in [0.25, 0.3) is 0 Å². The molecule has 4 nitrogen and oxygen atoms in total. The van der Waals surface area contributed by atoms with Gasteiger partial charge in [-0.2, -0.15) is 0 Å². The van der Waals surface area contributed by atoms with Gasteiger partial charge in [-0.15, -0.1) is 0 Å². The van der Waals surface area contributed by atoms with E-state index in [1.807, 2.05) is 6.92 Å². The van der Waals surface area contributed by atoms with Crippen molar-refractivity contribution in [2.24, 2.45) is 5.92 Å². The van der Waals surface area contributed by atoms with Gasteiger partial charge in [-0.3, -0.25) is 0 Å². The Morgan fingerprint density at radius 2 is 2.00 bits per heavy atom. The van der Waals surface area contributed by atoms with Crippen LogP contribution in [0.3, 0.4) is 0 Å². The first-order valence-corrected chi connectivity index (χ1v) is 8.39. The molecular weight excluding hydrogens is 260 g/mol. The lowest BCUT2D eigenvalue weighted by Gasteiger charge is -2.34. The van der Waals surface area contributed by atoms with Gasteiger partial charge in [-0.05, 0) is 65.0 Å². The number of aromatic nitrogens is 2. The van der Waals surface area contributed by atoms with Crippen molar-refractivity contribution in [3.8, 4) is 0 Å². The molecule has 1 fully saturated rings. The molecule has 0 bridgehead atoms. The van der Waals surface area contributed by atoms with Crippen molar-refractivity contribution in [2.45, 2.75) is 45.4 Å². The number of hydrogen-bond acceptors (Lipinski definition) is 4. The molecule has 1 saturated heterocycles. The van der Waals surface area contributed by atoms with E-state index in [9.17, 15) is 0 Å². The van der Waals surface area contributed by atoms with Gasteiger partial charge in [0.2, 0.25) is 0 Å². The van der Waals surface area contributed by atoms with Crippen LogP contribution in [-0.4, -0.2) is 48.6 Å². The minimum absolute atomic E-state index is 0.767. The molecule has 2 aliphatic rings. The molecule has 1 aliphatic carbocycles. The Labute approximate surface area is 128 Å². The Kier molecular flexibility index (Phi) is 4.43. The molecule has 116 valence electrons. The summed E-state index contributed by atoms with van der Waals surface area (Å²) in [5.41, 5.74) is 2.72. The van der Waals surface area contributed by atoms with E-state index in [0.717, 1.165) is 31.1 Å². The molecule has 0 spiro atoms. The van der Waals surface area contributed by atoms with Crippen LogP contribution >= 0.6 is 0 Å². The van der Waals surface area contributed by atoms with E-state index in [1.54, 1.807) is 0 Å². The summed E-state index contributed by atoms with van der Waals surface area (Å²) in [6, 6.07) is 0. The monoisotopic (exact) mass is 288 g/mol. The first kappa shape index (κ1) is 14.8. The Balaban J connectivity index is 1.77. The lowest BCUT2D eigenvalue weighted by Crippen LogP contribution is -2.38. The van der Waals surface area contributed by atoms with Crippen LogP contribution in [0, 0.1) is 12.8 Å². The Hall–Kier alpha value is -1.16. The van der Waals surface area contributed by atoms with E-state index < -0.39 is 0 Å². The highest BCUT2D eigenvalue weighted by molar-refractivity contribution is 5.49. The average molecular weight is 288 g/mol. The van der Waals surface area contributed by atoms with E-state index in [-0.39, 0.29) is 0 Å². The number of anilines is 1. The fourth-order valence-electron chi connectivity index (χ4n) is 3.91. The smallest absolute Gasteiger partial charge is 0.135 e. The molecule has 3 rings (SSSR count). The molecule has 4 heteroatoms. The fraction of sp³-hybridized carbons (Fsp3) is 0.765. The normalized spacial score (nSPS) is 22.9. The third-order valence-corrected chi connectivity index (χ3v) is 4.89. The summed E-state index contributed by atoms with van der Waals surface area (Å²) >= 11 is 0. The van der Waals surface area contributed by atoms with Crippen LogP contribution in [-0.2, 0) is 12.8 Å². The van der Waals surface area contributed by atoms with Crippen molar-refractivity contribution in [1.29, 1.82) is 0 Å². The summed E-state index contributed by atoms with van der Waals surface area (Å²) < 4.78 is 0. The Morgan fingerprint density at radius 1 is 1.19 bits per heavy atom. The van der Waals surface area contributed by atoms with Crippen LogP contribution in [0.1, 0.15) is 42.8 Å². The molecule has 0 aromatic carbocycles. The van der Waals surface area contributed by atoms with E-state index in [4.69, 9.17) is 4.98 Å². The van der Waals surface area contributed by atoms with Crippen LogP contribution < -0.4 is 4.90 Å². The standard InChI is InChI=1S/C17H28N4/c1-13-18-16-9-5-4-8-15(16)17(19-13)21(3)12-14-7-6-10-20(2)11-14/h14H,4-12H2,1-3H3. The highest BCUT2D eigenvalue weighted by Gasteiger charge is 2.23. The summed E-state index contributed by atoms with van der Waals surface area (Å²) in [4.78, 5) is 14.3. The molecule has 2 heterocycles. The maximum absolute atomic E-state index is 4.77. The van der Waals surface area contributed by atoms with Crippen molar-refractivity contribution in [3.63, 3.8) is 0 Å². The highest BCUT2D eigenvalue weighted by atomic mass is 15.2. The number of likely N-dealkylation sites (tertiary alicyclic amines) is 1. The minimum atomic E-state index is 0.767. The van der Waals surface area contributed by atoms with Gasteiger partial charge in [0.1, 0.15) is 11.6 Å². The van der Waals surface area contributed by atoms with E-state index in [2.05, 4.69) is 28.9 Å². The van der Waals surface area contributed by atoms with E-state index in [0.29, 0.717) is 0 Å². The lowest BCUT2D eigenvalue weighted by molar-refractivity contribution is 0.213. The third kappa shape index (κ3) is 3.37. The first-order valence-electron chi connectivity index (χ1n) is 8.39. The lowest BCUT2D eigenvalue weighted by atomic mass is 9.95. The summed E-state index contributed by atoms with van der Waals surface area (Å²) in [6.07, 6.45) is 7.52. The molecule has 0 N–H and O–H groups in total. The molecule has 0 amide bonds. The molecule has 1 unspecified atom stereocenters. The van der Waals surface area contributed by atoms with Crippen LogP contribution in [0.25, 0.3) is 0 Å². The molecule has 1 atom stereocenters. The number of rotatable bonds is 3. The zero-order valence-electron chi connectivity index (χ0n) is 13.7.